The molecule has 7 heteroatoms. The number of nitro benzene ring substituents is 1. The summed E-state index contributed by atoms with van der Waals surface area (Å²) in [5.74, 6) is 0.291. The summed E-state index contributed by atoms with van der Waals surface area (Å²) in [6, 6.07) is 4.11. The maximum Gasteiger partial charge on any atom is 0.419 e. The Labute approximate surface area is 108 Å². The van der Waals surface area contributed by atoms with Gasteiger partial charge < -0.3 is 4.42 Å². The van der Waals surface area contributed by atoms with Crippen molar-refractivity contribution in [2.75, 3.05) is 5.75 Å². The van der Waals surface area contributed by atoms with Crippen molar-refractivity contribution in [3.63, 3.8) is 0 Å². The predicted octanol–water partition coefficient (Wildman–Crippen LogP) is 2.07. The predicted molar refractivity (Wildman–Crippen MR) is 70.1 cm³/mol. The summed E-state index contributed by atoms with van der Waals surface area (Å²) in [6.07, 6.45) is 0. The molecular weight excluding hydrogens is 256 g/mol. The first-order chi connectivity index (χ1) is 8.52. The lowest BCUT2D eigenvalue weighted by atomic mass is 10.2. The van der Waals surface area contributed by atoms with E-state index in [1.807, 2.05) is 6.92 Å². The summed E-state index contributed by atoms with van der Waals surface area (Å²) in [6.45, 7) is 2.37. The topological polar surface area (TPSA) is 78.3 Å². The lowest BCUT2D eigenvalue weighted by molar-refractivity contribution is -0.384. The van der Waals surface area contributed by atoms with Gasteiger partial charge in [-0.25, -0.2) is 4.79 Å². The van der Waals surface area contributed by atoms with Gasteiger partial charge in [0.05, 0.1) is 10.4 Å². The molecule has 0 N–H and O–H groups in total. The molecule has 6 nitrogen and oxygen atoms in total. The monoisotopic (exact) mass is 268 g/mol. The fourth-order valence-electron chi connectivity index (χ4n) is 1.71. The van der Waals surface area contributed by atoms with Gasteiger partial charge in [0.2, 0.25) is 0 Å². The molecule has 0 spiro atoms. The Morgan fingerprint density at radius 3 is 2.89 bits per heavy atom. The molecule has 0 amide bonds. The molecule has 0 fully saturated rings. The van der Waals surface area contributed by atoms with Crippen LogP contribution in [0.2, 0.25) is 0 Å². The molecule has 0 saturated carbocycles. The molecule has 96 valence electrons. The number of nitro groups is 1. The number of non-ortho nitro benzene ring substituents is 1. The Balaban J connectivity index is 2.57. The zero-order chi connectivity index (χ0) is 13.3. The van der Waals surface area contributed by atoms with Gasteiger partial charge in [0, 0.05) is 18.7 Å². The van der Waals surface area contributed by atoms with E-state index in [1.165, 1.54) is 22.8 Å². The highest BCUT2D eigenvalue weighted by atomic mass is 32.1. The summed E-state index contributed by atoms with van der Waals surface area (Å²) < 4.78 is 6.44. The van der Waals surface area contributed by atoms with Gasteiger partial charge in [0.25, 0.3) is 5.69 Å². The fraction of sp³-hybridized carbons (Fsp3) is 0.364. The molecule has 0 bridgehead atoms. The maximum atomic E-state index is 11.7. The van der Waals surface area contributed by atoms with Gasteiger partial charge in [0.15, 0.2) is 5.58 Å². The van der Waals surface area contributed by atoms with Gasteiger partial charge in [-0.2, -0.15) is 12.6 Å². The van der Waals surface area contributed by atoms with Crippen molar-refractivity contribution in [1.82, 2.24) is 4.57 Å². The smallest absolute Gasteiger partial charge is 0.408 e. The van der Waals surface area contributed by atoms with Gasteiger partial charge in [-0.15, -0.1) is 0 Å². The molecule has 2 aromatic rings. The molecule has 1 aromatic heterocycles. The first-order valence-electron chi connectivity index (χ1n) is 5.41. The molecule has 1 heterocycles. The van der Waals surface area contributed by atoms with Crippen LogP contribution < -0.4 is 5.76 Å². The van der Waals surface area contributed by atoms with Gasteiger partial charge in [0.1, 0.15) is 0 Å². The minimum absolute atomic E-state index is 0.0597. The summed E-state index contributed by atoms with van der Waals surface area (Å²) in [7, 11) is 0. The highest BCUT2D eigenvalue weighted by Crippen LogP contribution is 2.20. The molecular formula is C11H12N2O4S. The van der Waals surface area contributed by atoms with Crippen LogP contribution in [0.15, 0.2) is 27.4 Å². The Hall–Kier alpha value is -1.76. The largest absolute Gasteiger partial charge is 0.419 e. The number of benzene rings is 1. The normalized spacial score (nSPS) is 12.8. The van der Waals surface area contributed by atoms with Crippen molar-refractivity contribution in [1.29, 1.82) is 0 Å². The number of oxazole rings is 1. The van der Waals surface area contributed by atoms with E-state index in [-0.39, 0.29) is 11.6 Å². The minimum Gasteiger partial charge on any atom is -0.408 e. The Kier molecular flexibility index (Phi) is 3.42. The van der Waals surface area contributed by atoms with E-state index in [1.54, 1.807) is 0 Å². The van der Waals surface area contributed by atoms with Gasteiger partial charge >= 0.3 is 5.76 Å². The SMILES string of the molecule is CC(CS)Cn1c(=O)oc2ccc([N+](=O)[O-])cc21. The second-order valence-corrected chi connectivity index (χ2v) is 4.54. The average molecular weight is 268 g/mol. The number of rotatable bonds is 4. The number of aromatic nitrogens is 1. The second kappa shape index (κ2) is 4.85. The highest BCUT2D eigenvalue weighted by Gasteiger charge is 2.15. The molecule has 1 unspecified atom stereocenters. The van der Waals surface area contributed by atoms with Crippen LogP contribution in [-0.4, -0.2) is 15.2 Å². The Morgan fingerprint density at radius 1 is 1.56 bits per heavy atom. The van der Waals surface area contributed by atoms with Crippen molar-refractivity contribution < 1.29 is 9.34 Å². The van der Waals surface area contributed by atoms with Crippen LogP contribution in [0.3, 0.4) is 0 Å². The van der Waals surface area contributed by atoms with E-state index >= 15 is 0 Å². The van der Waals surface area contributed by atoms with E-state index in [2.05, 4.69) is 12.6 Å². The number of hydrogen-bond acceptors (Lipinski definition) is 5. The molecule has 0 aliphatic rings. The Morgan fingerprint density at radius 2 is 2.28 bits per heavy atom. The number of fused-ring (bicyclic) bond motifs is 1. The lowest BCUT2D eigenvalue weighted by Gasteiger charge is -2.07. The van der Waals surface area contributed by atoms with Crippen molar-refractivity contribution in [2.45, 2.75) is 13.5 Å². The van der Waals surface area contributed by atoms with Crippen molar-refractivity contribution in [3.05, 3.63) is 38.9 Å². The fourth-order valence-corrected chi connectivity index (χ4v) is 1.82. The molecule has 18 heavy (non-hydrogen) atoms. The van der Waals surface area contributed by atoms with Crippen molar-refractivity contribution in [3.8, 4) is 0 Å². The maximum absolute atomic E-state index is 11.7. The standard InChI is InChI=1S/C11H12N2O4S/c1-7(6-18)5-12-9-4-8(13(15)16)2-3-10(9)17-11(12)14/h2-4,7,18H,5-6H2,1H3. The molecule has 0 aliphatic heterocycles. The molecule has 1 atom stereocenters. The van der Waals surface area contributed by atoms with E-state index in [9.17, 15) is 14.9 Å². The van der Waals surface area contributed by atoms with Crippen LogP contribution in [-0.2, 0) is 6.54 Å². The zero-order valence-corrected chi connectivity index (χ0v) is 10.6. The third-order valence-electron chi connectivity index (χ3n) is 2.67. The summed E-state index contributed by atoms with van der Waals surface area (Å²) >= 11 is 4.15. The summed E-state index contributed by atoms with van der Waals surface area (Å²) in [5.41, 5.74) is 0.746. The van der Waals surface area contributed by atoms with Crippen molar-refractivity contribution in [2.24, 2.45) is 5.92 Å². The van der Waals surface area contributed by atoms with Crippen LogP contribution in [0.5, 0.6) is 0 Å². The van der Waals surface area contributed by atoms with E-state index in [0.717, 1.165) is 0 Å². The van der Waals surface area contributed by atoms with Crippen LogP contribution in [0.1, 0.15) is 6.92 Å². The lowest BCUT2D eigenvalue weighted by Crippen LogP contribution is -2.19. The molecule has 0 aliphatic carbocycles. The van der Waals surface area contributed by atoms with Crippen LogP contribution in [0.25, 0.3) is 11.1 Å². The number of thiol groups is 1. The van der Waals surface area contributed by atoms with E-state index in [0.29, 0.717) is 23.4 Å². The van der Waals surface area contributed by atoms with E-state index < -0.39 is 10.7 Å². The molecule has 2 rings (SSSR count). The van der Waals surface area contributed by atoms with Crippen LogP contribution in [0, 0.1) is 16.0 Å². The minimum atomic E-state index is -0.501. The number of hydrogen-bond donors (Lipinski definition) is 1. The molecule has 1 aromatic carbocycles. The van der Waals surface area contributed by atoms with E-state index in [4.69, 9.17) is 4.42 Å². The quantitative estimate of drug-likeness (QED) is 0.523. The van der Waals surface area contributed by atoms with Gasteiger partial charge in [-0.05, 0) is 17.7 Å². The molecule has 0 saturated heterocycles. The number of nitrogens with zero attached hydrogens (tertiary/aromatic N) is 2. The first-order valence-corrected chi connectivity index (χ1v) is 6.05. The van der Waals surface area contributed by atoms with Crippen LogP contribution in [0.4, 0.5) is 5.69 Å². The summed E-state index contributed by atoms with van der Waals surface area (Å²) in [5, 5.41) is 10.7. The average Bonchev–Trinajstić information content (AvgIpc) is 2.65. The zero-order valence-electron chi connectivity index (χ0n) is 9.70. The van der Waals surface area contributed by atoms with Gasteiger partial charge in [-0.3, -0.25) is 14.7 Å². The third-order valence-corrected chi connectivity index (χ3v) is 3.29. The van der Waals surface area contributed by atoms with Crippen LogP contribution >= 0.6 is 12.6 Å². The van der Waals surface area contributed by atoms with Crippen molar-refractivity contribution >= 4 is 29.4 Å². The second-order valence-electron chi connectivity index (χ2n) is 4.18. The van der Waals surface area contributed by atoms with Gasteiger partial charge in [-0.1, -0.05) is 6.92 Å². The highest BCUT2D eigenvalue weighted by molar-refractivity contribution is 7.80. The summed E-state index contributed by atoms with van der Waals surface area (Å²) in [4.78, 5) is 21.9. The third kappa shape index (κ3) is 2.26. The first kappa shape index (κ1) is 12.7. The molecule has 0 radical (unpaired) electrons. The Bertz CT molecular complexity index is 646.